The van der Waals surface area contributed by atoms with Crippen LogP contribution in [0.25, 0.3) is 0 Å². The molecule has 0 spiro atoms. The van der Waals surface area contributed by atoms with Crippen LogP contribution in [0.1, 0.15) is 13.3 Å². The van der Waals surface area contributed by atoms with Crippen LogP contribution in [0, 0.1) is 0 Å². The molecule has 1 amide bonds. The zero-order valence-corrected chi connectivity index (χ0v) is 12.2. The van der Waals surface area contributed by atoms with E-state index in [0.29, 0.717) is 12.0 Å². The average molecular weight is 292 g/mol. The first-order valence-corrected chi connectivity index (χ1v) is 7.29. The number of rotatable bonds is 3. The number of methoxy groups -OCH3 is 1. The van der Waals surface area contributed by atoms with Gasteiger partial charge in [0.1, 0.15) is 5.75 Å². The van der Waals surface area contributed by atoms with Crippen molar-refractivity contribution in [2.24, 2.45) is 0 Å². The van der Waals surface area contributed by atoms with Gasteiger partial charge in [-0.3, -0.25) is 9.69 Å². The number of thioether (sulfide) groups is 1. The lowest BCUT2D eigenvalue weighted by atomic mass is 10.1. The molecule has 0 bridgehead atoms. The predicted octanol–water partition coefficient (Wildman–Crippen LogP) is 1.68. The number of benzene rings is 1. The standard InChI is InChI=1S/C14H16N2O3S/c1-8-10(5-6-17)13(18)16-11-4-3-9(19-2)7-12(11)20-14(16)15-8/h3-4,7,14-15,17H,5-6H2,1-2H3. The maximum Gasteiger partial charge on any atom is 0.258 e. The van der Waals surface area contributed by atoms with Gasteiger partial charge in [0.05, 0.1) is 12.8 Å². The summed E-state index contributed by atoms with van der Waals surface area (Å²) in [5.74, 6) is 0.750. The van der Waals surface area contributed by atoms with Crippen molar-refractivity contribution in [1.82, 2.24) is 5.32 Å². The van der Waals surface area contributed by atoms with Crippen molar-refractivity contribution in [3.05, 3.63) is 29.5 Å². The Morgan fingerprint density at radius 2 is 2.30 bits per heavy atom. The largest absolute Gasteiger partial charge is 0.497 e. The molecule has 6 heteroatoms. The molecule has 106 valence electrons. The van der Waals surface area contributed by atoms with Crippen molar-refractivity contribution in [1.29, 1.82) is 0 Å². The van der Waals surface area contributed by atoms with Crippen LogP contribution in [0.5, 0.6) is 5.75 Å². The molecule has 2 heterocycles. The summed E-state index contributed by atoms with van der Waals surface area (Å²) in [6, 6.07) is 5.69. The first-order chi connectivity index (χ1) is 9.65. The molecule has 0 radical (unpaired) electrons. The van der Waals surface area contributed by atoms with Gasteiger partial charge in [0.25, 0.3) is 5.91 Å². The van der Waals surface area contributed by atoms with Crippen LogP contribution in [0.4, 0.5) is 5.69 Å². The Morgan fingerprint density at radius 3 is 3.00 bits per heavy atom. The van der Waals surface area contributed by atoms with Crippen LogP contribution in [0.15, 0.2) is 34.4 Å². The summed E-state index contributed by atoms with van der Waals surface area (Å²) in [4.78, 5) is 15.4. The highest BCUT2D eigenvalue weighted by Crippen LogP contribution is 2.46. The number of hydrogen-bond acceptors (Lipinski definition) is 5. The van der Waals surface area contributed by atoms with Gasteiger partial charge in [0.15, 0.2) is 5.50 Å². The number of nitrogens with one attached hydrogen (secondary N) is 1. The smallest absolute Gasteiger partial charge is 0.258 e. The molecule has 0 aliphatic carbocycles. The number of fused-ring (bicyclic) bond motifs is 3. The van der Waals surface area contributed by atoms with E-state index >= 15 is 0 Å². The van der Waals surface area contributed by atoms with Crippen LogP contribution in [-0.2, 0) is 4.79 Å². The van der Waals surface area contributed by atoms with Gasteiger partial charge < -0.3 is 15.2 Å². The van der Waals surface area contributed by atoms with Gasteiger partial charge in [0, 0.05) is 29.2 Å². The number of aliphatic hydroxyl groups is 1. The molecule has 0 saturated heterocycles. The molecule has 1 aromatic carbocycles. The Bertz CT molecular complexity index is 600. The SMILES string of the molecule is COc1ccc2c(c1)SC1NC(C)=C(CCO)C(=O)N21. The van der Waals surface area contributed by atoms with E-state index in [4.69, 9.17) is 9.84 Å². The minimum Gasteiger partial charge on any atom is -0.497 e. The topological polar surface area (TPSA) is 61.8 Å². The number of amides is 1. The summed E-state index contributed by atoms with van der Waals surface area (Å²) in [6.45, 7) is 1.85. The number of allylic oxidation sites excluding steroid dienone is 1. The van der Waals surface area contributed by atoms with Gasteiger partial charge in [-0.2, -0.15) is 0 Å². The molecule has 2 aliphatic rings. The van der Waals surface area contributed by atoms with Gasteiger partial charge in [-0.05, 0) is 25.1 Å². The van der Waals surface area contributed by atoms with E-state index in [-0.39, 0.29) is 18.0 Å². The lowest BCUT2D eigenvalue weighted by Gasteiger charge is -2.33. The van der Waals surface area contributed by atoms with E-state index in [1.165, 1.54) is 0 Å². The van der Waals surface area contributed by atoms with Crippen LogP contribution < -0.4 is 15.0 Å². The van der Waals surface area contributed by atoms with Crippen molar-refractivity contribution in [2.45, 2.75) is 23.7 Å². The molecule has 0 aromatic heterocycles. The molecule has 0 saturated carbocycles. The average Bonchev–Trinajstić information content (AvgIpc) is 2.80. The molecular formula is C14H16N2O3S. The number of aliphatic hydroxyl groups excluding tert-OH is 1. The van der Waals surface area contributed by atoms with Gasteiger partial charge >= 0.3 is 0 Å². The minimum atomic E-state index is -0.118. The van der Waals surface area contributed by atoms with E-state index in [0.717, 1.165) is 22.0 Å². The second kappa shape index (κ2) is 5.03. The number of carbonyl (C=O) groups is 1. The molecule has 1 atom stereocenters. The van der Waals surface area contributed by atoms with Gasteiger partial charge in [0.2, 0.25) is 0 Å². The molecule has 5 nitrogen and oxygen atoms in total. The van der Waals surface area contributed by atoms with E-state index in [9.17, 15) is 4.79 Å². The zero-order chi connectivity index (χ0) is 14.3. The number of ether oxygens (including phenoxy) is 1. The molecule has 3 rings (SSSR count). The van der Waals surface area contributed by atoms with Gasteiger partial charge in [-0.15, -0.1) is 0 Å². The Hall–Kier alpha value is -1.66. The predicted molar refractivity (Wildman–Crippen MR) is 77.7 cm³/mol. The molecule has 2 N–H and O–H groups in total. The highest BCUT2D eigenvalue weighted by atomic mass is 32.2. The van der Waals surface area contributed by atoms with Crippen molar-refractivity contribution in [3.8, 4) is 5.75 Å². The van der Waals surface area contributed by atoms with Gasteiger partial charge in [-0.25, -0.2) is 0 Å². The summed E-state index contributed by atoms with van der Waals surface area (Å²) in [5, 5.41) is 12.4. The first kappa shape index (κ1) is 13.3. The van der Waals surface area contributed by atoms with Crippen molar-refractivity contribution in [2.75, 3.05) is 18.6 Å². The highest BCUT2D eigenvalue weighted by molar-refractivity contribution is 8.00. The maximum atomic E-state index is 12.6. The number of hydrogen-bond donors (Lipinski definition) is 2. The minimum absolute atomic E-state index is 0.0266. The molecule has 2 aliphatic heterocycles. The Morgan fingerprint density at radius 1 is 1.50 bits per heavy atom. The molecule has 1 aromatic rings. The summed E-state index contributed by atoms with van der Waals surface area (Å²) in [5.41, 5.74) is 2.26. The fraction of sp³-hybridized carbons (Fsp3) is 0.357. The Kier molecular flexibility index (Phi) is 3.35. The van der Waals surface area contributed by atoms with Crippen molar-refractivity contribution >= 4 is 23.4 Å². The Balaban J connectivity index is 1.99. The molecule has 1 unspecified atom stereocenters. The van der Waals surface area contributed by atoms with Crippen molar-refractivity contribution in [3.63, 3.8) is 0 Å². The number of anilines is 1. The third kappa shape index (κ3) is 1.96. The molecule has 0 fully saturated rings. The fourth-order valence-electron chi connectivity index (χ4n) is 2.51. The van der Waals surface area contributed by atoms with Crippen LogP contribution in [-0.4, -0.2) is 30.2 Å². The van der Waals surface area contributed by atoms with E-state index in [2.05, 4.69) is 5.32 Å². The van der Waals surface area contributed by atoms with Crippen molar-refractivity contribution < 1.29 is 14.6 Å². The second-order valence-electron chi connectivity index (χ2n) is 4.70. The molecular weight excluding hydrogens is 276 g/mol. The van der Waals surface area contributed by atoms with Crippen LogP contribution in [0.3, 0.4) is 0 Å². The van der Waals surface area contributed by atoms with Crippen LogP contribution in [0.2, 0.25) is 0 Å². The summed E-state index contributed by atoms with van der Waals surface area (Å²) >= 11 is 1.59. The van der Waals surface area contributed by atoms with Crippen LogP contribution >= 0.6 is 11.8 Å². The third-order valence-electron chi connectivity index (χ3n) is 3.53. The summed E-state index contributed by atoms with van der Waals surface area (Å²) < 4.78 is 5.22. The van der Waals surface area contributed by atoms with E-state index in [1.807, 2.05) is 25.1 Å². The monoisotopic (exact) mass is 292 g/mol. The number of carbonyl (C=O) groups excluding carboxylic acids is 1. The summed E-state index contributed by atoms with van der Waals surface area (Å²) in [7, 11) is 1.63. The van der Waals surface area contributed by atoms with E-state index < -0.39 is 0 Å². The lowest BCUT2D eigenvalue weighted by molar-refractivity contribution is -0.116. The maximum absolute atomic E-state index is 12.6. The fourth-order valence-corrected chi connectivity index (χ4v) is 3.77. The zero-order valence-electron chi connectivity index (χ0n) is 11.3. The van der Waals surface area contributed by atoms with Gasteiger partial charge in [-0.1, -0.05) is 11.8 Å². The highest BCUT2D eigenvalue weighted by Gasteiger charge is 2.39. The Labute approximate surface area is 121 Å². The molecule has 20 heavy (non-hydrogen) atoms. The second-order valence-corrected chi connectivity index (χ2v) is 5.82. The summed E-state index contributed by atoms with van der Waals surface area (Å²) in [6.07, 6.45) is 0.372. The normalized spacial score (nSPS) is 20.6. The van der Waals surface area contributed by atoms with E-state index in [1.54, 1.807) is 23.8 Å². The first-order valence-electron chi connectivity index (χ1n) is 6.41. The quantitative estimate of drug-likeness (QED) is 0.887. The third-order valence-corrected chi connectivity index (χ3v) is 4.66. The number of nitrogens with zero attached hydrogens (tertiary/aromatic N) is 1. The lowest BCUT2D eigenvalue weighted by Crippen LogP contribution is -2.49.